The Labute approximate surface area is 169 Å². The molecule has 134 valence electrons. The van der Waals surface area contributed by atoms with Gasteiger partial charge in [-0.1, -0.05) is 18.2 Å². The number of methoxy groups -OCH3 is 1. The molecule has 0 atom stereocenters. The van der Waals surface area contributed by atoms with Crippen LogP contribution in [0, 0.1) is 3.57 Å². The highest BCUT2D eigenvalue weighted by molar-refractivity contribution is 14.1. The van der Waals surface area contributed by atoms with E-state index >= 15 is 0 Å². The number of H-pyrrole nitrogens is 1. The highest BCUT2D eigenvalue weighted by Gasteiger charge is 2.13. The van der Waals surface area contributed by atoms with Crippen LogP contribution in [0.25, 0.3) is 22.4 Å². The lowest BCUT2D eigenvalue weighted by molar-refractivity contribution is 0.102. The number of amides is 1. The van der Waals surface area contributed by atoms with Crippen LogP contribution in [0.5, 0.6) is 5.75 Å². The normalized spacial score (nSPS) is 10.7. The van der Waals surface area contributed by atoms with Gasteiger partial charge in [-0.3, -0.25) is 4.79 Å². The van der Waals surface area contributed by atoms with E-state index in [-0.39, 0.29) is 5.91 Å². The third-order valence-electron chi connectivity index (χ3n) is 4.20. The van der Waals surface area contributed by atoms with Gasteiger partial charge in [0.25, 0.3) is 5.91 Å². The SMILES string of the molecule is COc1ccc(-c2nc3ccccc3[nH]2)cc1NC(=O)c1cccc(I)c1. The fraction of sp³-hybridized carbons (Fsp3) is 0.0476. The summed E-state index contributed by atoms with van der Waals surface area (Å²) in [6.45, 7) is 0. The van der Waals surface area contributed by atoms with E-state index in [0.29, 0.717) is 17.0 Å². The second kappa shape index (κ2) is 7.40. The molecule has 3 aromatic carbocycles. The topological polar surface area (TPSA) is 67.0 Å². The van der Waals surface area contributed by atoms with Crippen molar-refractivity contribution >= 4 is 45.2 Å². The van der Waals surface area contributed by atoms with Crippen molar-refractivity contribution in [2.24, 2.45) is 0 Å². The minimum Gasteiger partial charge on any atom is -0.495 e. The van der Waals surface area contributed by atoms with Gasteiger partial charge < -0.3 is 15.0 Å². The molecule has 0 bridgehead atoms. The van der Waals surface area contributed by atoms with Gasteiger partial charge in [0, 0.05) is 14.7 Å². The molecule has 6 heteroatoms. The average Bonchev–Trinajstić information content (AvgIpc) is 3.12. The molecule has 0 aliphatic carbocycles. The highest BCUT2D eigenvalue weighted by atomic mass is 127. The fourth-order valence-corrected chi connectivity index (χ4v) is 3.41. The van der Waals surface area contributed by atoms with Crippen LogP contribution < -0.4 is 10.1 Å². The van der Waals surface area contributed by atoms with Crippen LogP contribution in [0.1, 0.15) is 10.4 Å². The number of ether oxygens (including phenoxy) is 1. The molecule has 2 N–H and O–H groups in total. The summed E-state index contributed by atoms with van der Waals surface area (Å²) >= 11 is 2.19. The first-order chi connectivity index (χ1) is 13.1. The standard InChI is InChI=1S/C21H16IN3O2/c1-27-19-10-9-13(20-23-16-7-2-3-8-17(16)24-20)12-18(19)25-21(26)14-5-4-6-15(22)11-14/h2-12H,1H3,(H,23,24)(H,25,26). The maximum absolute atomic E-state index is 12.6. The largest absolute Gasteiger partial charge is 0.495 e. The summed E-state index contributed by atoms with van der Waals surface area (Å²) in [5.74, 6) is 1.14. The summed E-state index contributed by atoms with van der Waals surface area (Å²) < 4.78 is 6.41. The van der Waals surface area contributed by atoms with E-state index in [1.807, 2.05) is 60.7 Å². The number of para-hydroxylation sites is 2. The van der Waals surface area contributed by atoms with Crippen LogP contribution in [0.15, 0.2) is 66.7 Å². The maximum Gasteiger partial charge on any atom is 0.255 e. The molecule has 0 saturated carbocycles. The minimum absolute atomic E-state index is 0.187. The predicted molar refractivity (Wildman–Crippen MR) is 115 cm³/mol. The molecule has 1 heterocycles. The molecule has 0 spiro atoms. The van der Waals surface area contributed by atoms with Crippen LogP contribution in [0.4, 0.5) is 5.69 Å². The monoisotopic (exact) mass is 469 g/mol. The van der Waals surface area contributed by atoms with Crippen LogP contribution in [-0.4, -0.2) is 23.0 Å². The zero-order chi connectivity index (χ0) is 18.8. The Morgan fingerprint density at radius 1 is 1.07 bits per heavy atom. The van der Waals surface area contributed by atoms with Gasteiger partial charge in [0.2, 0.25) is 0 Å². The molecule has 27 heavy (non-hydrogen) atoms. The summed E-state index contributed by atoms with van der Waals surface area (Å²) in [5, 5.41) is 2.94. The highest BCUT2D eigenvalue weighted by Crippen LogP contribution is 2.31. The van der Waals surface area contributed by atoms with E-state index in [2.05, 4.69) is 37.9 Å². The van der Waals surface area contributed by atoms with Gasteiger partial charge in [-0.25, -0.2) is 4.98 Å². The Morgan fingerprint density at radius 2 is 1.93 bits per heavy atom. The van der Waals surface area contributed by atoms with Crippen molar-refractivity contribution in [3.05, 3.63) is 75.9 Å². The molecule has 0 aliphatic rings. The Kier molecular flexibility index (Phi) is 4.81. The molecule has 0 saturated heterocycles. The Hall–Kier alpha value is -2.87. The van der Waals surface area contributed by atoms with Gasteiger partial charge in [-0.05, 0) is 71.1 Å². The molecule has 0 aliphatic heterocycles. The van der Waals surface area contributed by atoms with E-state index in [0.717, 1.165) is 26.0 Å². The molecule has 4 rings (SSSR count). The summed E-state index contributed by atoms with van der Waals surface area (Å²) in [6, 6.07) is 20.9. The summed E-state index contributed by atoms with van der Waals surface area (Å²) in [5.41, 5.74) is 3.92. The molecule has 0 radical (unpaired) electrons. The van der Waals surface area contributed by atoms with E-state index in [1.165, 1.54) is 0 Å². The maximum atomic E-state index is 12.6. The Balaban J connectivity index is 1.69. The first kappa shape index (κ1) is 17.5. The number of hydrogen-bond donors (Lipinski definition) is 2. The zero-order valence-electron chi connectivity index (χ0n) is 14.5. The van der Waals surface area contributed by atoms with Crippen molar-refractivity contribution in [1.29, 1.82) is 0 Å². The molecule has 0 fully saturated rings. The number of aromatic nitrogens is 2. The lowest BCUT2D eigenvalue weighted by Gasteiger charge is -2.12. The third-order valence-corrected chi connectivity index (χ3v) is 4.87. The molecule has 1 amide bonds. The van der Waals surface area contributed by atoms with Crippen LogP contribution in [0.2, 0.25) is 0 Å². The third kappa shape index (κ3) is 3.66. The number of carbonyl (C=O) groups excluding carboxylic acids is 1. The quantitative estimate of drug-likeness (QED) is 0.409. The summed E-state index contributed by atoms with van der Waals surface area (Å²) in [6.07, 6.45) is 0. The minimum atomic E-state index is -0.187. The number of benzene rings is 3. The zero-order valence-corrected chi connectivity index (χ0v) is 16.7. The van der Waals surface area contributed by atoms with Crippen molar-refractivity contribution in [3.8, 4) is 17.1 Å². The van der Waals surface area contributed by atoms with E-state index in [1.54, 1.807) is 13.2 Å². The van der Waals surface area contributed by atoms with Gasteiger partial charge in [-0.2, -0.15) is 0 Å². The van der Waals surface area contributed by atoms with Gasteiger partial charge in [-0.15, -0.1) is 0 Å². The number of hydrogen-bond acceptors (Lipinski definition) is 3. The number of halogens is 1. The molecular formula is C21H16IN3O2. The molecule has 0 unspecified atom stereocenters. The Morgan fingerprint density at radius 3 is 2.70 bits per heavy atom. The number of imidazole rings is 1. The van der Waals surface area contributed by atoms with E-state index < -0.39 is 0 Å². The second-order valence-corrected chi connectivity index (χ2v) is 7.23. The van der Waals surface area contributed by atoms with Gasteiger partial charge >= 0.3 is 0 Å². The lowest BCUT2D eigenvalue weighted by atomic mass is 10.1. The van der Waals surface area contributed by atoms with Crippen molar-refractivity contribution < 1.29 is 9.53 Å². The number of aromatic amines is 1. The average molecular weight is 469 g/mol. The van der Waals surface area contributed by atoms with Crippen LogP contribution >= 0.6 is 22.6 Å². The first-order valence-electron chi connectivity index (χ1n) is 8.34. The summed E-state index contributed by atoms with van der Waals surface area (Å²) in [4.78, 5) is 20.6. The van der Waals surface area contributed by atoms with Crippen molar-refractivity contribution in [3.63, 3.8) is 0 Å². The number of nitrogens with one attached hydrogen (secondary N) is 2. The molecular weight excluding hydrogens is 453 g/mol. The van der Waals surface area contributed by atoms with Gasteiger partial charge in [0.15, 0.2) is 0 Å². The second-order valence-electron chi connectivity index (χ2n) is 5.98. The number of carbonyl (C=O) groups is 1. The van der Waals surface area contributed by atoms with Crippen molar-refractivity contribution in [1.82, 2.24) is 9.97 Å². The molecule has 1 aromatic heterocycles. The number of rotatable bonds is 4. The molecule has 5 nitrogen and oxygen atoms in total. The van der Waals surface area contributed by atoms with Crippen LogP contribution in [0.3, 0.4) is 0 Å². The predicted octanol–water partition coefficient (Wildman–Crippen LogP) is 5.10. The van der Waals surface area contributed by atoms with Gasteiger partial charge in [0.1, 0.15) is 11.6 Å². The van der Waals surface area contributed by atoms with Gasteiger partial charge in [0.05, 0.1) is 23.8 Å². The fourth-order valence-electron chi connectivity index (χ4n) is 2.87. The van der Waals surface area contributed by atoms with Crippen molar-refractivity contribution in [2.45, 2.75) is 0 Å². The van der Waals surface area contributed by atoms with Crippen LogP contribution in [-0.2, 0) is 0 Å². The smallest absolute Gasteiger partial charge is 0.255 e. The van der Waals surface area contributed by atoms with Crippen molar-refractivity contribution in [2.75, 3.05) is 12.4 Å². The Bertz CT molecular complexity index is 1100. The number of nitrogens with zero attached hydrogens (tertiary/aromatic N) is 1. The number of fused-ring (bicyclic) bond motifs is 1. The molecule has 4 aromatic rings. The summed E-state index contributed by atoms with van der Waals surface area (Å²) in [7, 11) is 1.58. The van der Waals surface area contributed by atoms with E-state index in [4.69, 9.17) is 4.74 Å². The number of anilines is 1. The first-order valence-corrected chi connectivity index (χ1v) is 9.42. The van der Waals surface area contributed by atoms with E-state index in [9.17, 15) is 4.79 Å². The lowest BCUT2D eigenvalue weighted by Crippen LogP contribution is -2.12.